The number of thioether (sulfide) groups is 1. The van der Waals surface area contributed by atoms with Crippen LogP contribution in [-0.4, -0.2) is 26.4 Å². The molecule has 0 bridgehead atoms. The Hall–Kier alpha value is -2.28. The third-order valence-corrected chi connectivity index (χ3v) is 4.26. The van der Waals surface area contributed by atoms with Crippen LogP contribution in [0.5, 0.6) is 0 Å². The maximum Gasteiger partial charge on any atom is 0.236 e. The van der Waals surface area contributed by atoms with E-state index in [0.717, 1.165) is 16.2 Å². The molecule has 0 fully saturated rings. The maximum atomic E-state index is 12.0. The minimum Gasteiger partial charge on any atom is -0.360 e. The summed E-state index contributed by atoms with van der Waals surface area (Å²) in [4.78, 5) is 16.7. The van der Waals surface area contributed by atoms with Gasteiger partial charge in [0.25, 0.3) is 0 Å². The number of fused-ring (bicyclic) bond motifs is 1. The van der Waals surface area contributed by atoms with Gasteiger partial charge in [0.05, 0.1) is 16.8 Å². The largest absolute Gasteiger partial charge is 0.360 e. The Morgan fingerprint density at radius 3 is 2.87 bits per heavy atom. The molecule has 0 saturated carbocycles. The fourth-order valence-electron chi connectivity index (χ4n) is 2.36. The van der Waals surface area contributed by atoms with Crippen molar-refractivity contribution in [3.8, 4) is 0 Å². The van der Waals surface area contributed by atoms with Gasteiger partial charge in [-0.2, -0.15) is 0 Å². The zero-order valence-corrected chi connectivity index (χ0v) is 14.1. The Morgan fingerprint density at radius 1 is 1.39 bits per heavy atom. The average Bonchev–Trinajstić information content (AvgIpc) is 3.08. The SMILES string of the molecule is Cc1cc(NC(=O)CSc2nc3ccccc3n2C(C)C)no1. The third-order valence-electron chi connectivity index (χ3n) is 3.31. The van der Waals surface area contributed by atoms with Crippen molar-refractivity contribution >= 4 is 34.5 Å². The van der Waals surface area contributed by atoms with Crippen LogP contribution < -0.4 is 5.32 Å². The first kappa shape index (κ1) is 15.6. The number of amides is 1. The molecule has 1 aromatic carbocycles. The summed E-state index contributed by atoms with van der Waals surface area (Å²) in [5.74, 6) is 1.23. The number of benzene rings is 1. The van der Waals surface area contributed by atoms with Gasteiger partial charge in [0, 0.05) is 12.1 Å². The Balaban J connectivity index is 1.73. The van der Waals surface area contributed by atoms with Crippen molar-refractivity contribution in [2.45, 2.75) is 32.0 Å². The van der Waals surface area contributed by atoms with Crippen LogP contribution in [0.2, 0.25) is 0 Å². The van der Waals surface area contributed by atoms with Crippen LogP contribution >= 0.6 is 11.8 Å². The number of rotatable bonds is 5. The Labute approximate surface area is 138 Å². The Kier molecular flexibility index (Phi) is 4.38. The summed E-state index contributed by atoms with van der Waals surface area (Å²) >= 11 is 1.42. The molecule has 0 radical (unpaired) electrons. The summed E-state index contributed by atoms with van der Waals surface area (Å²) in [6.07, 6.45) is 0. The number of anilines is 1. The van der Waals surface area contributed by atoms with Crippen LogP contribution in [0.4, 0.5) is 5.82 Å². The van der Waals surface area contributed by atoms with Crippen LogP contribution in [-0.2, 0) is 4.79 Å². The molecule has 0 spiro atoms. The number of imidazole rings is 1. The van der Waals surface area contributed by atoms with Crippen LogP contribution in [0, 0.1) is 6.92 Å². The van der Waals surface area contributed by atoms with Crippen molar-refractivity contribution in [2.24, 2.45) is 0 Å². The van der Waals surface area contributed by atoms with E-state index in [-0.39, 0.29) is 17.7 Å². The molecule has 6 nitrogen and oxygen atoms in total. The lowest BCUT2D eigenvalue weighted by atomic mass is 10.3. The highest BCUT2D eigenvalue weighted by Gasteiger charge is 2.15. The monoisotopic (exact) mass is 330 g/mol. The second kappa shape index (κ2) is 6.45. The van der Waals surface area contributed by atoms with E-state index in [1.165, 1.54) is 11.8 Å². The first-order valence-corrected chi connectivity index (χ1v) is 8.36. The fourth-order valence-corrected chi connectivity index (χ4v) is 3.30. The zero-order chi connectivity index (χ0) is 16.4. The molecule has 2 heterocycles. The molecule has 0 saturated heterocycles. The summed E-state index contributed by atoms with van der Waals surface area (Å²) < 4.78 is 7.08. The number of hydrogen-bond acceptors (Lipinski definition) is 5. The minimum atomic E-state index is -0.134. The number of nitrogens with zero attached hydrogens (tertiary/aromatic N) is 3. The zero-order valence-electron chi connectivity index (χ0n) is 13.2. The molecule has 2 aromatic heterocycles. The van der Waals surface area contributed by atoms with E-state index >= 15 is 0 Å². The van der Waals surface area contributed by atoms with Crippen molar-refractivity contribution in [1.82, 2.24) is 14.7 Å². The Morgan fingerprint density at radius 2 is 2.17 bits per heavy atom. The van der Waals surface area contributed by atoms with Gasteiger partial charge in [-0.3, -0.25) is 4.79 Å². The quantitative estimate of drug-likeness (QED) is 0.723. The second-order valence-electron chi connectivity index (χ2n) is 5.51. The van der Waals surface area contributed by atoms with E-state index in [1.807, 2.05) is 24.3 Å². The average molecular weight is 330 g/mol. The summed E-state index contributed by atoms with van der Waals surface area (Å²) in [7, 11) is 0. The molecule has 7 heteroatoms. The van der Waals surface area contributed by atoms with Crippen LogP contribution in [0.25, 0.3) is 11.0 Å². The standard InChI is InChI=1S/C16H18N4O2S/c1-10(2)20-13-7-5-4-6-12(13)17-16(20)23-9-15(21)18-14-8-11(3)22-19-14/h4-8,10H,9H2,1-3H3,(H,18,19,21). The molecule has 3 aromatic rings. The lowest BCUT2D eigenvalue weighted by Crippen LogP contribution is -2.15. The van der Waals surface area contributed by atoms with E-state index in [2.05, 4.69) is 33.9 Å². The molecule has 1 amide bonds. The van der Waals surface area contributed by atoms with Gasteiger partial charge < -0.3 is 14.4 Å². The summed E-state index contributed by atoms with van der Waals surface area (Å²) in [5, 5.41) is 7.31. The van der Waals surface area contributed by atoms with Crippen LogP contribution in [0.3, 0.4) is 0 Å². The second-order valence-corrected chi connectivity index (χ2v) is 6.45. The number of nitrogens with one attached hydrogen (secondary N) is 1. The van der Waals surface area contributed by atoms with Gasteiger partial charge in [0.1, 0.15) is 5.76 Å². The van der Waals surface area contributed by atoms with E-state index < -0.39 is 0 Å². The predicted molar refractivity (Wildman–Crippen MR) is 90.7 cm³/mol. The molecule has 120 valence electrons. The number of hydrogen-bond donors (Lipinski definition) is 1. The molecule has 0 atom stereocenters. The van der Waals surface area contributed by atoms with Gasteiger partial charge in [0.2, 0.25) is 5.91 Å². The van der Waals surface area contributed by atoms with Gasteiger partial charge in [-0.25, -0.2) is 4.98 Å². The lowest BCUT2D eigenvalue weighted by Gasteiger charge is -2.12. The highest BCUT2D eigenvalue weighted by Crippen LogP contribution is 2.27. The van der Waals surface area contributed by atoms with Crippen LogP contribution in [0.1, 0.15) is 25.6 Å². The number of aromatic nitrogens is 3. The number of para-hydroxylation sites is 2. The molecule has 3 rings (SSSR count). The first-order chi connectivity index (χ1) is 11.0. The van der Waals surface area contributed by atoms with E-state index in [1.54, 1.807) is 13.0 Å². The van der Waals surface area contributed by atoms with Crippen LogP contribution in [0.15, 0.2) is 40.0 Å². The molecular formula is C16H18N4O2S. The van der Waals surface area contributed by atoms with E-state index in [0.29, 0.717) is 11.6 Å². The number of aryl methyl sites for hydroxylation is 1. The molecule has 0 aliphatic rings. The fraction of sp³-hybridized carbons (Fsp3) is 0.312. The molecule has 0 aliphatic carbocycles. The van der Waals surface area contributed by atoms with E-state index in [4.69, 9.17) is 4.52 Å². The topological polar surface area (TPSA) is 73.0 Å². The van der Waals surface area contributed by atoms with Gasteiger partial charge >= 0.3 is 0 Å². The minimum absolute atomic E-state index is 0.134. The van der Waals surface area contributed by atoms with Gasteiger partial charge in [-0.15, -0.1) is 0 Å². The molecular weight excluding hydrogens is 312 g/mol. The highest BCUT2D eigenvalue weighted by molar-refractivity contribution is 7.99. The molecule has 1 N–H and O–H groups in total. The third kappa shape index (κ3) is 3.39. The van der Waals surface area contributed by atoms with Gasteiger partial charge in [-0.05, 0) is 32.9 Å². The number of carbonyl (C=O) groups is 1. The summed E-state index contributed by atoms with van der Waals surface area (Å²) in [5.41, 5.74) is 2.02. The smallest absolute Gasteiger partial charge is 0.236 e. The van der Waals surface area contributed by atoms with E-state index in [9.17, 15) is 4.79 Å². The van der Waals surface area contributed by atoms with Crippen molar-refractivity contribution in [3.63, 3.8) is 0 Å². The normalized spacial score (nSPS) is 11.3. The highest BCUT2D eigenvalue weighted by atomic mass is 32.2. The lowest BCUT2D eigenvalue weighted by molar-refractivity contribution is -0.113. The first-order valence-electron chi connectivity index (χ1n) is 7.37. The molecule has 0 unspecified atom stereocenters. The molecule has 23 heavy (non-hydrogen) atoms. The van der Waals surface area contributed by atoms with Crippen molar-refractivity contribution in [2.75, 3.05) is 11.1 Å². The molecule has 0 aliphatic heterocycles. The predicted octanol–water partition coefficient (Wildman–Crippen LogP) is 3.64. The Bertz CT molecular complexity index is 838. The van der Waals surface area contributed by atoms with Gasteiger partial charge in [-0.1, -0.05) is 29.1 Å². The summed E-state index contributed by atoms with van der Waals surface area (Å²) in [6.45, 7) is 6.00. The van der Waals surface area contributed by atoms with Gasteiger partial charge in [0.15, 0.2) is 11.0 Å². The van der Waals surface area contributed by atoms with Crippen molar-refractivity contribution < 1.29 is 9.32 Å². The summed E-state index contributed by atoms with van der Waals surface area (Å²) in [6, 6.07) is 9.95. The maximum absolute atomic E-state index is 12.0. The van der Waals surface area contributed by atoms with Crippen molar-refractivity contribution in [3.05, 3.63) is 36.1 Å². The van der Waals surface area contributed by atoms with Crippen molar-refractivity contribution in [1.29, 1.82) is 0 Å². The number of carbonyl (C=O) groups excluding carboxylic acids is 1.